The van der Waals surface area contributed by atoms with Gasteiger partial charge < -0.3 is 9.64 Å². The fourth-order valence-electron chi connectivity index (χ4n) is 3.44. The molecule has 3 rings (SSSR count). The van der Waals surface area contributed by atoms with Crippen LogP contribution in [-0.4, -0.2) is 35.6 Å². The minimum Gasteiger partial charge on any atom is -0.369 e. The second-order valence-electron chi connectivity index (χ2n) is 7.78. The number of aromatic nitrogens is 1. The molecule has 0 radical (unpaired) electrons. The molecule has 116 valence electrons. The van der Waals surface area contributed by atoms with Gasteiger partial charge in [0.25, 0.3) is 0 Å². The van der Waals surface area contributed by atoms with E-state index in [0.29, 0.717) is 6.42 Å². The van der Waals surface area contributed by atoms with Gasteiger partial charge in [-0.25, -0.2) is 4.98 Å². The van der Waals surface area contributed by atoms with Crippen molar-refractivity contribution in [2.45, 2.75) is 59.2 Å². The van der Waals surface area contributed by atoms with Gasteiger partial charge in [-0.05, 0) is 32.6 Å². The normalized spacial score (nSPS) is 27.6. The Kier molecular flexibility index (Phi) is 3.41. The zero-order valence-corrected chi connectivity index (χ0v) is 14.3. The highest BCUT2D eigenvalue weighted by molar-refractivity contribution is 7.17. The molecular weight excluding hydrogens is 284 g/mol. The van der Waals surface area contributed by atoms with Crippen molar-refractivity contribution in [3.63, 3.8) is 0 Å². The van der Waals surface area contributed by atoms with Crippen molar-refractivity contribution in [3.05, 3.63) is 10.6 Å². The molecule has 1 aliphatic carbocycles. The predicted molar refractivity (Wildman–Crippen MR) is 85.4 cm³/mol. The van der Waals surface area contributed by atoms with Crippen molar-refractivity contribution in [1.29, 1.82) is 0 Å². The molecule has 4 nitrogen and oxygen atoms in total. The Balaban J connectivity index is 1.90. The number of rotatable bonds is 1. The van der Waals surface area contributed by atoms with E-state index in [9.17, 15) is 4.79 Å². The zero-order valence-electron chi connectivity index (χ0n) is 13.5. The van der Waals surface area contributed by atoms with E-state index in [4.69, 9.17) is 9.72 Å². The highest BCUT2D eigenvalue weighted by Gasteiger charge is 2.37. The standard InChI is InChI=1S/C16H24N2O2S/c1-10-8-18(9-16(4,5)20-10)14-17-11-6-15(2,3)7-12(19)13(11)21-14/h10H,6-9H2,1-5H3. The molecule has 0 amide bonds. The second-order valence-corrected chi connectivity index (χ2v) is 8.76. The number of morpholine rings is 1. The first kappa shape index (κ1) is 15.0. The molecule has 0 N–H and O–H groups in total. The van der Waals surface area contributed by atoms with Crippen LogP contribution >= 0.6 is 11.3 Å². The van der Waals surface area contributed by atoms with E-state index in [-0.39, 0.29) is 22.9 Å². The third kappa shape index (κ3) is 2.99. The minimum absolute atomic E-state index is 0.0347. The van der Waals surface area contributed by atoms with E-state index < -0.39 is 0 Å². The summed E-state index contributed by atoms with van der Waals surface area (Å²) in [7, 11) is 0. The maximum Gasteiger partial charge on any atom is 0.186 e. The Morgan fingerprint density at radius 1 is 1.29 bits per heavy atom. The van der Waals surface area contributed by atoms with Crippen molar-refractivity contribution < 1.29 is 9.53 Å². The van der Waals surface area contributed by atoms with Crippen LogP contribution in [-0.2, 0) is 11.2 Å². The quantitative estimate of drug-likeness (QED) is 0.798. The Morgan fingerprint density at radius 2 is 2.00 bits per heavy atom. The van der Waals surface area contributed by atoms with Crippen LogP contribution < -0.4 is 4.90 Å². The topological polar surface area (TPSA) is 42.4 Å². The molecule has 1 aliphatic heterocycles. The van der Waals surface area contributed by atoms with Crippen molar-refractivity contribution in [2.24, 2.45) is 5.41 Å². The van der Waals surface area contributed by atoms with Gasteiger partial charge in [-0.3, -0.25) is 4.79 Å². The molecule has 0 aromatic carbocycles. The van der Waals surface area contributed by atoms with Gasteiger partial charge in [0.05, 0.1) is 22.3 Å². The highest BCUT2D eigenvalue weighted by Crippen LogP contribution is 2.40. The van der Waals surface area contributed by atoms with Gasteiger partial charge in [-0.1, -0.05) is 25.2 Å². The van der Waals surface area contributed by atoms with E-state index in [2.05, 4.69) is 39.5 Å². The molecule has 0 spiro atoms. The van der Waals surface area contributed by atoms with E-state index in [1.807, 2.05) is 0 Å². The Labute approximate surface area is 130 Å². The molecule has 1 fully saturated rings. The van der Waals surface area contributed by atoms with Gasteiger partial charge in [-0.15, -0.1) is 0 Å². The number of anilines is 1. The van der Waals surface area contributed by atoms with Crippen LogP contribution in [0.25, 0.3) is 0 Å². The van der Waals surface area contributed by atoms with E-state index in [0.717, 1.165) is 35.2 Å². The summed E-state index contributed by atoms with van der Waals surface area (Å²) in [6, 6.07) is 0. The summed E-state index contributed by atoms with van der Waals surface area (Å²) in [6.45, 7) is 12.3. The molecule has 5 heteroatoms. The Bertz CT molecular complexity index is 577. The van der Waals surface area contributed by atoms with Crippen LogP contribution in [0.5, 0.6) is 0 Å². The molecule has 2 aliphatic rings. The monoisotopic (exact) mass is 308 g/mol. The minimum atomic E-state index is -0.173. The summed E-state index contributed by atoms with van der Waals surface area (Å²) >= 11 is 1.56. The Morgan fingerprint density at radius 3 is 2.67 bits per heavy atom. The molecule has 2 heterocycles. The summed E-state index contributed by atoms with van der Waals surface area (Å²) in [5, 5.41) is 0.981. The number of Topliss-reactive ketones (excluding diaryl/α,β-unsaturated/α-hetero) is 1. The maximum absolute atomic E-state index is 12.3. The van der Waals surface area contributed by atoms with Gasteiger partial charge in [0.1, 0.15) is 0 Å². The number of nitrogens with zero attached hydrogens (tertiary/aromatic N) is 2. The van der Waals surface area contributed by atoms with Gasteiger partial charge in [0.15, 0.2) is 10.9 Å². The summed E-state index contributed by atoms with van der Waals surface area (Å²) in [6.07, 6.45) is 1.71. The number of ketones is 1. The Hall–Kier alpha value is -0.940. The van der Waals surface area contributed by atoms with Gasteiger partial charge in [-0.2, -0.15) is 0 Å². The number of thiazole rings is 1. The van der Waals surface area contributed by atoms with Crippen LogP contribution in [0, 0.1) is 5.41 Å². The number of ether oxygens (including phenoxy) is 1. The SMILES string of the molecule is CC1CN(c2nc3c(s2)C(=O)CC(C)(C)C3)CC(C)(C)O1. The fourth-order valence-corrected chi connectivity index (χ4v) is 4.47. The third-order valence-electron chi connectivity index (χ3n) is 4.06. The van der Waals surface area contributed by atoms with Gasteiger partial charge in [0, 0.05) is 19.5 Å². The predicted octanol–water partition coefficient (Wildman–Crippen LogP) is 3.30. The van der Waals surface area contributed by atoms with E-state index in [1.54, 1.807) is 11.3 Å². The van der Waals surface area contributed by atoms with Crippen molar-refractivity contribution in [3.8, 4) is 0 Å². The lowest BCUT2D eigenvalue weighted by molar-refractivity contribution is -0.0749. The molecule has 1 aromatic heterocycles. The maximum atomic E-state index is 12.3. The summed E-state index contributed by atoms with van der Waals surface area (Å²) in [4.78, 5) is 20.3. The van der Waals surface area contributed by atoms with E-state index in [1.165, 1.54) is 0 Å². The molecular formula is C16H24N2O2S. The van der Waals surface area contributed by atoms with E-state index >= 15 is 0 Å². The van der Waals surface area contributed by atoms with Crippen molar-refractivity contribution in [1.82, 2.24) is 4.98 Å². The fraction of sp³-hybridized carbons (Fsp3) is 0.750. The molecule has 1 saturated heterocycles. The third-order valence-corrected chi connectivity index (χ3v) is 5.26. The number of carbonyl (C=O) groups is 1. The average molecular weight is 308 g/mol. The van der Waals surface area contributed by atoms with Crippen LogP contribution in [0.3, 0.4) is 0 Å². The first-order chi connectivity index (χ1) is 9.65. The van der Waals surface area contributed by atoms with Crippen molar-refractivity contribution in [2.75, 3.05) is 18.0 Å². The number of hydrogen-bond donors (Lipinski definition) is 0. The number of fused-ring (bicyclic) bond motifs is 1. The molecule has 1 atom stereocenters. The molecule has 1 unspecified atom stereocenters. The second kappa shape index (κ2) is 4.78. The molecule has 1 aromatic rings. The number of carbonyl (C=O) groups excluding carboxylic acids is 1. The number of hydrogen-bond acceptors (Lipinski definition) is 5. The van der Waals surface area contributed by atoms with Crippen LogP contribution in [0.1, 0.15) is 56.4 Å². The van der Waals surface area contributed by atoms with Crippen LogP contribution in [0.4, 0.5) is 5.13 Å². The van der Waals surface area contributed by atoms with Crippen molar-refractivity contribution >= 4 is 22.3 Å². The summed E-state index contributed by atoms with van der Waals surface area (Å²) in [5.41, 5.74) is 0.855. The lowest BCUT2D eigenvalue weighted by Crippen LogP contribution is -2.52. The van der Waals surface area contributed by atoms with Gasteiger partial charge >= 0.3 is 0 Å². The molecule has 0 bridgehead atoms. The lowest BCUT2D eigenvalue weighted by atomic mass is 9.78. The highest BCUT2D eigenvalue weighted by atomic mass is 32.1. The molecule has 0 saturated carbocycles. The zero-order chi connectivity index (χ0) is 15.4. The van der Waals surface area contributed by atoms with Crippen LogP contribution in [0.2, 0.25) is 0 Å². The largest absolute Gasteiger partial charge is 0.369 e. The van der Waals surface area contributed by atoms with Crippen LogP contribution in [0.15, 0.2) is 0 Å². The average Bonchev–Trinajstić information content (AvgIpc) is 2.68. The first-order valence-electron chi connectivity index (χ1n) is 7.61. The lowest BCUT2D eigenvalue weighted by Gasteiger charge is -2.41. The first-order valence-corrected chi connectivity index (χ1v) is 8.43. The summed E-state index contributed by atoms with van der Waals surface area (Å²) in [5.74, 6) is 0.255. The molecule has 21 heavy (non-hydrogen) atoms. The summed E-state index contributed by atoms with van der Waals surface area (Å²) < 4.78 is 5.95. The van der Waals surface area contributed by atoms with Gasteiger partial charge in [0.2, 0.25) is 0 Å². The smallest absolute Gasteiger partial charge is 0.186 e.